The van der Waals surface area contributed by atoms with Gasteiger partial charge in [-0.15, -0.1) is 0 Å². The molecule has 0 N–H and O–H groups in total. The SMILES string of the molecule is CC[C@@H](OC(C)=O)[C@@H](OC(C)=O)[C@H](OC(C)=O)[C@@H](COC(C)=O)OC(C)=O. The van der Waals surface area contributed by atoms with Crippen molar-refractivity contribution in [1.82, 2.24) is 0 Å². The zero-order chi connectivity index (χ0) is 21.1. The van der Waals surface area contributed by atoms with Crippen molar-refractivity contribution in [3.8, 4) is 0 Å². The maximum absolute atomic E-state index is 11.6. The highest BCUT2D eigenvalue weighted by atomic mass is 16.6. The van der Waals surface area contributed by atoms with Crippen LogP contribution >= 0.6 is 0 Å². The summed E-state index contributed by atoms with van der Waals surface area (Å²) in [4.78, 5) is 57.1. The minimum atomic E-state index is -1.38. The van der Waals surface area contributed by atoms with E-state index in [9.17, 15) is 24.0 Å². The third-order valence-corrected chi connectivity index (χ3v) is 3.15. The average molecular weight is 390 g/mol. The molecule has 0 bridgehead atoms. The van der Waals surface area contributed by atoms with Crippen LogP contribution in [0.3, 0.4) is 0 Å². The van der Waals surface area contributed by atoms with Gasteiger partial charge in [0.25, 0.3) is 0 Å². The van der Waals surface area contributed by atoms with E-state index in [1.54, 1.807) is 6.92 Å². The molecule has 0 heterocycles. The van der Waals surface area contributed by atoms with Gasteiger partial charge in [0.1, 0.15) is 12.7 Å². The number of ether oxygens (including phenoxy) is 5. The molecule has 0 aliphatic heterocycles. The van der Waals surface area contributed by atoms with Crippen molar-refractivity contribution >= 4 is 29.8 Å². The summed E-state index contributed by atoms with van der Waals surface area (Å²) in [6, 6.07) is 0. The van der Waals surface area contributed by atoms with Crippen molar-refractivity contribution in [2.24, 2.45) is 0 Å². The first-order valence-electron chi connectivity index (χ1n) is 8.30. The van der Waals surface area contributed by atoms with Crippen molar-refractivity contribution < 1.29 is 47.7 Å². The molecule has 0 spiro atoms. The normalized spacial score (nSPS) is 14.7. The zero-order valence-corrected chi connectivity index (χ0v) is 16.3. The van der Waals surface area contributed by atoms with Gasteiger partial charge in [0.15, 0.2) is 18.3 Å². The lowest BCUT2D eigenvalue weighted by molar-refractivity contribution is -0.202. The quantitative estimate of drug-likeness (QED) is 0.387. The number of hydrogen-bond acceptors (Lipinski definition) is 10. The largest absolute Gasteiger partial charge is 0.462 e. The van der Waals surface area contributed by atoms with E-state index in [0.717, 1.165) is 34.6 Å². The van der Waals surface area contributed by atoms with Crippen LogP contribution in [0.5, 0.6) is 0 Å². The second-order valence-electron chi connectivity index (χ2n) is 5.65. The van der Waals surface area contributed by atoms with Gasteiger partial charge in [0.05, 0.1) is 0 Å². The molecular formula is C17H26O10. The molecule has 0 aromatic rings. The molecule has 154 valence electrons. The Morgan fingerprint density at radius 3 is 1.30 bits per heavy atom. The fraction of sp³-hybridized carbons (Fsp3) is 0.706. The second-order valence-corrected chi connectivity index (χ2v) is 5.65. The summed E-state index contributed by atoms with van der Waals surface area (Å²) >= 11 is 0. The molecule has 0 aromatic heterocycles. The van der Waals surface area contributed by atoms with Gasteiger partial charge in [-0.3, -0.25) is 24.0 Å². The summed E-state index contributed by atoms with van der Waals surface area (Å²) in [6.07, 6.45) is -4.75. The van der Waals surface area contributed by atoms with Crippen LogP contribution in [0.4, 0.5) is 0 Å². The monoisotopic (exact) mass is 390 g/mol. The van der Waals surface area contributed by atoms with E-state index in [4.69, 9.17) is 23.7 Å². The van der Waals surface area contributed by atoms with Crippen LogP contribution in [-0.2, 0) is 47.7 Å². The minimum Gasteiger partial charge on any atom is -0.462 e. The van der Waals surface area contributed by atoms with Crippen LogP contribution in [0.1, 0.15) is 48.0 Å². The number of hydrogen-bond donors (Lipinski definition) is 0. The minimum absolute atomic E-state index is 0.204. The van der Waals surface area contributed by atoms with Crippen LogP contribution in [0.25, 0.3) is 0 Å². The molecule has 0 saturated heterocycles. The zero-order valence-electron chi connectivity index (χ0n) is 16.3. The predicted octanol–water partition coefficient (Wildman–Crippen LogP) is 0.686. The molecule has 0 aliphatic rings. The summed E-state index contributed by atoms with van der Waals surface area (Å²) in [7, 11) is 0. The van der Waals surface area contributed by atoms with Gasteiger partial charge in [-0.1, -0.05) is 6.92 Å². The number of carbonyl (C=O) groups excluding carboxylic acids is 5. The molecule has 0 fully saturated rings. The van der Waals surface area contributed by atoms with E-state index >= 15 is 0 Å². The van der Waals surface area contributed by atoms with Crippen molar-refractivity contribution in [2.45, 2.75) is 72.4 Å². The Labute approximate surface area is 157 Å². The van der Waals surface area contributed by atoms with E-state index in [2.05, 4.69) is 0 Å². The summed E-state index contributed by atoms with van der Waals surface area (Å²) in [5.74, 6) is -3.56. The van der Waals surface area contributed by atoms with Crippen molar-refractivity contribution in [2.75, 3.05) is 6.61 Å². The van der Waals surface area contributed by atoms with Crippen LogP contribution in [-0.4, -0.2) is 60.9 Å². The Bertz CT molecular complexity index is 556. The first kappa shape index (κ1) is 24.4. The second kappa shape index (κ2) is 11.9. The summed E-state index contributed by atoms with van der Waals surface area (Å²) in [5, 5.41) is 0. The molecule has 0 unspecified atom stereocenters. The number of rotatable bonds is 10. The van der Waals surface area contributed by atoms with E-state index < -0.39 is 60.9 Å². The first-order chi connectivity index (χ1) is 12.5. The van der Waals surface area contributed by atoms with Gasteiger partial charge in [0.2, 0.25) is 0 Å². The molecule has 27 heavy (non-hydrogen) atoms. The van der Waals surface area contributed by atoms with E-state index in [0.29, 0.717) is 0 Å². The molecule has 0 amide bonds. The Kier molecular flexibility index (Phi) is 10.7. The highest BCUT2D eigenvalue weighted by molar-refractivity contribution is 5.69. The Morgan fingerprint density at radius 2 is 0.963 bits per heavy atom. The predicted molar refractivity (Wildman–Crippen MR) is 89.1 cm³/mol. The van der Waals surface area contributed by atoms with E-state index in [-0.39, 0.29) is 6.42 Å². The lowest BCUT2D eigenvalue weighted by Crippen LogP contribution is -2.52. The Morgan fingerprint density at radius 1 is 0.593 bits per heavy atom. The van der Waals surface area contributed by atoms with Crippen LogP contribution in [0, 0.1) is 0 Å². The first-order valence-corrected chi connectivity index (χ1v) is 8.30. The Hall–Kier alpha value is -2.65. The molecule has 0 rings (SSSR count). The van der Waals surface area contributed by atoms with E-state index in [1.165, 1.54) is 0 Å². The molecule has 0 radical (unpaired) electrons. The highest BCUT2D eigenvalue weighted by Gasteiger charge is 2.43. The van der Waals surface area contributed by atoms with Gasteiger partial charge in [-0.2, -0.15) is 0 Å². The molecular weight excluding hydrogens is 364 g/mol. The van der Waals surface area contributed by atoms with Gasteiger partial charge in [-0.05, 0) is 6.42 Å². The third-order valence-electron chi connectivity index (χ3n) is 3.15. The molecule has 10 nitrogen and oxygen atoms in total. The molecule has 10 heteroatoms. The highest BCUT2D eigenvalue weighted by Crippen LogP contribution is 2.21. The smallest absolute Gasteiger partial charge is 0.303 e. The molecule has 0 saturated carbocycles. The van der Waals surface area contributed by atoms with Gasteiger partial charge in [0, 0.05) is 34.6 Å². The van der Waals surface area contributed by atoms with Gasteiger partial charge in [-0.25, -0.2) is 0 Å². The maximum Gasteiger partial charge on any atom is 0.303 e. The average Bonchev–Trinajstić information content (AvgIpc) is 2.51. The third kappa shape index (κ3) is 10.2. The molecule has 4 atom stereocenters. The fourth-order valence-corrected chi connectivity index (χ4v) is 2.30. The fourth-order valence-electron chi connectivity index (χ4n) is 2.30. The summed E-state index contributed by atoms with van der Waals surface area (Å²) in [6.45, 7) is 6.82. The van der Waals surface area contributed by atoms with Crippen molar-refractivity contribution in [1.29, 1.82) is 0 Å². The molecule has 0 aliphatic carbocycles. The topological polar surface area (TPSA) is 132 Å². The maximum atomic E-state index is 11.6. The van der Waals surface area contributed by atoms with Crippen molar-refractivity contribution in [3.05, 3.63) is 0 Å². The van der Waals surface area contributed by atoms with E-state index in [1.807, 2.05) is 0 Å². The molecule has 0 aromatic carbocycles. The number of esters is 5. The van der Waals surface area contributed by atoms with Crippen LogP contribution in [0.2, 0.25) is 0 Å². The lowest BCUT2D eigenvalue weighted by Gasteiger charge is -2.35. The summed E-state index contributed by atoms with van der Waals surface area (Å²) in [5.41, 5.74) is 0. The van der Waals surface area contributed by atoms with Gasteiger partial charge >= 0.3 is 29.8 Å². The standard InChI is InChI=1S/C17H26O10/c1-7-14(24-10(3)19)16(26-12(5)21)17(27-13(6)22)15(25-11(4)20)8-23-9(2)18/h14-17H,7-8H2,1-6H3/t14-,15-,16-,17-/m1/s1. The number of carbonyl (C=O) groups is 5. The van der Waals surface area contributed by atoms with Crippen molar-refractivity contribution in [3.63, 3.8) is 0 Å². The summed E-state index contributed by atoms with van der Waals surface area (Å²) < 4.78 is 25.5. The Balaban J connectivity index is 5.96. The van der Waals surface area contributed by atoms with Gasteiger partial charge < -0.3 is 23.7 Å². The van der Waals surface area contributed by atoms with Crippen LogP contribution < -0.4 is 0 Å². The lowest BCUT2D eigenvalue weighted by atomic mass is 10.0. The van der Waals surface area contributed by atoms with Crippen LogP contribution in [0.15, 0.2) is 0 Å².